The van der Waals surface area contributed by atoms with E-state index in [-0.39, 0.29) is 0 Å². The fourth-order valence-corrected chi connectivity index (χ4v) is 13.6. The van der Waals surface area contributed by atoms with Gasteiger partial charge in [-0.3, -0.25) is 0 Å². The van der Waals surface area contributed by atoms with Gasteiger partial charge in [0.15, 0.2) is 0 Å². The van der Waals surface area contributed by atoms with Crippen molar-refractivity contribution in [3.63, 3.8) is 0 Å². The van der Waals surface area contributed by atoms with Crippen LogP contribution in [0.15, 0.2) is 315 Å². The summed E-state index contributed by atoms with van der Waals surface area (Å²) in [4.78, 5) is 2.34. The zero-order valence-electron chi connectivity index (χ0n) is 44.4. The number of benzene rings is 14. The summed E-state index contributed by atoms with van der Waals surface area (Å²) in [6, 6.07) is 117. The van der Waals surface area contributed by atoms with Gasteiger partial charge < -0.3 is 9.47 Å². The van der Waals surface area contributed by atoms with Crippen LogP contribution in [0.25, 0.3) is 104 Å². The van der Waals surface area contributed by atoms with Crippen molar-refractivity contribution in [3.05, 3.63) is 338 Å². The van der Waals surface area contributed by atoms with Gasteiger partial charge in [0.1, 0.15) is 0 Å². The Hall–Kier alpha value is -10.5. The number of nitrogens with zero attached hydrogens (tertiary/aromatic N) is 2. The van der Waals surface area contributed by atoms with Gasteiger partial charge in [-0.1, -0.05) is 237 Å². The molecule has 14 aromatic carbocycles. The van der Waals surface area contributed by atoms with Crippen LogP contribution in [-0.4, -0.2) is 4.57 Å². The first-order valence-electron chi connectivity index (χ1n) is 28.1. The van der Waals surface area contributed by atoms with E-state index in [1.54, 1.807) is 0 Å². The van der Waals surface area contributed by atoms with Crippen LogP contribution in [-0.2, 0) is 5.41 Å². The van der Waals surface area contributed by atoms with Crippen molar-refractivity contribution in [1.82, 2.24) is 4.57 Å². The van der Waals surface area contributed by atoms with E-state index in [4.69, 9.17) is 0 Å². The van der Waals surface area contributed by atoms with Crippen LogP contribution in [0.3, 0.4) is 0 Å². The third-order valence-electron chi connectivity index (χ3n) is 17.2. The van der Waals surface area contributed by atoms with E-state index in [0.29, 0.717) is 0 Å². The molecule has 0 bridgehead atoms. The van der Waals surface area contributed by atoms with Crippen molar-refractivity contribution in [2.75, 3.05) is 4.90 Å². The molecule has 0 saturated carbocycles. The molecule has 1 aliphatic carbocycles. The molecule has 0 atom stereocenters. The SMILES string of the molecule is c1ccc(-c2ccc(N(c3ccccc3)c3ccc(-c4ccc5c(c4)c4cc(-c6ccc7c(c6)C(c6ccccc6)(c6ccccc6)c6ccccc6-7)ccc4n5-c4ccc5c6ccccc6c6ccccc6c5c4)cc3)cc2)cc1. The van der Waals surface area contributed by atoms with E-state index in [9.17, 15) is 0 Å². The topological polar surface area (TPSA) is 8.17 Å². The van der Waals surface area contributed by atoms with Gasteiger partial charge in [-0.25, -0.2) is 0 Å². The molecule has 378 valence electrons. The lowest BCUT2D eigenvalue weighted by Gasteiger charge is -2.34. The molecule has 0 radical (unpaired) electrons. The maximum absolute atomic E-state index is 2.49. The smallest absolute Gasteiger partial charge is 0.0713 e. The minimum atomic E-state index is -0.494. The Morgan fingerprint density at radius 3 is 1.21 bits per heavy atom. The number of hydrogen-bond acceptors (Lipinski definition) is 1. The molecular formula is C79H52N2. The van der Waals surface area contributed by atoms with E-state index >= 15 is 0 Å². The summed E-state index contributed by atoms with van der Waals surface area (Å²) in [5.74, 6) is 0. The predicted octanol–water partition coefficient (Wildman–Crippen LogP) is 21.1. The Labute approximate surface area is 471 Å². The highest BCUT2D eigenvalue weighted by Crippen LogP contribution is 2.57. The highest BCUT2D eigenvalue weighted by molar-refractivity contribution is 6.25. The molecule has 0 amide bonds. The van der Waals surface area contributed by atoms with E-state index in [2.05, 4.69) is 325 Å². The van der Waals surface area contributed by atoms with Crippen LogP contribution < -0.4 is 4.90 Å². The zero-order chi connectivity index (χ0) is 53.4. The number of para-hydroxylation sites is 1. The van der Waals surface area contributed by atoms with Crippen molar-refractivity contribution in [1.29, 1.82) is 0 Å². The van der Waals surface area contributed by atoms with Crippen LogP contribution in [0.4, 0.5) is 17.1 Å². The van der Waals surface area contributed by atoms with Gasteiger partial charge in [0, 0.05) is 33.5 Å². The molecule has 0 saturated heterocycles. The molecular weight excluding hydrogens is 977 g/mol. The first-order chi connectivity index (χ1) is 40.2. The van der Waals surface area contributed by atoms with Crippen molar-refractivity contribution in [2.45, 2.75) is 5.41 Å². The molecule has 2 nitrogen and oxygen atoms in total. The Bertz CT molecular complexity index is 4810. The first-order valence-corrected chi connectivity index (χ1v) is 28.1. The summed E-state index contributed by atoms with van der Waals surface area (Å²) in [6.07, 6.45) is 0. The second-order valence-electron chi connectivity index (χ2n) is 21.5. The van der Waals surface area contributed by atoms with Gasteiger partial charge in [-0.2, -0.15) is 0 Å². The fraction of sp³-hybridized carbons (Fsp3) is 0.0127. The largest absolute Gasteiger partial charge is 0.311 e. The molecule has 1 heterocycles. The number of fused-ring (bicyclic) bond motifs is 12. The van der Waals surface area contributed by atoms with Gasteiger partial charge in [0.25, 0.3) is 0 Å². The maximum atomic E-state index is 2.49. The number of anilines is 3. The fourth-order valence-electron chi connectivity index (χ4n) is 13.6. The van der Waals surface area contributed by atoms with Gasteiger partial charge in [0.05, 0.1) is 16.4 Å². The standard InChI is InChI=1S/C79H52N2/c1-5-19-53(20-6-1)54-33-40-62(41-34-54)80(61-25-11-4-12-26-61)63-42-35-55(36-43-63)56-38-47-77-73(49-56)74-50-57(39-48-78(74)81(77)64-44-46-69-67-29-14-13-27-65(67)66-28-15-16-30-68(66)72(69)52-64)58-37-45-71-70-31-17-18-32-75(70)79(76(71)51-58,59-21-7-2-8-22-59)60-23-9-3-10-24-60/h1-52H. The third kappa shape index (κ3) is 7.42. The van der Waals surface area contributed by atoms with E-state index in [0.717, 1.165) is 33.8 Å². The average Bonchev–Trinajstić information content (AvgIpc) is 4.27. The summed E-state index contributed by atoms with van der Waals surface area (Å²) in [6.45, 7) is 0. The first kappa shape index (κ1) is 46.5. The molecule has 0 unspecified atom stereocenters. The molecule has 1 aromatic heterocycles. The van der Waals surface area contributed by atoms with Gasteiger partial charge in [-0.05, 0) is 178 Å². The molecule has 0 aliphatic heterocycles. The van der Waals surface area contributed by atoms with Crippen LogP contribution in [0.5, 0.6) is 0 Å². The summed E-state index contributed by atoms with van der Waals surface area (Å²) in [5, 5.41) is 10.0. The summed E-state index contributed by atoms with van der Waals surface area (Å²) in [7, 11) is 0. The predicted molar refractivity (Wildman–Crippen MR) is 342 cm³/mol. The quantitative estimate of drug-likeness (QED) is 0.131. The minimum absolute atomic E-state index is 0.494. The maximum Gasteiger partial charge on any atom is 0.0713 e. The van der Waals surface area contributed by atoms with Gasteiger partial charge >= 0.3 is 0 Å². The van der Waals surface area contributed by atoms with Crippen molar-refractivity contribution in [2.24, 2.45) is 0 Å². The lowest BCUT2D eigenvalue weighted by molar-refractivity contribution is 0.769. The lowest BCUT2D eigenvalue weighted by Crippen LogP contribution is -2.28. The monoisotopic (exact) mass is 1030 g/mol. The highest BCUT2D eigenvalue weighted by Gasteiger charge is 2.46. The molecule has 16 rings (SSSR count). The Morgan fingerprint density at radius 1 is 0.235 bits per heavy atom. The Morgan fingerprint density at radius 2 is 0.630 bits per heavy atom. The highest BCUT2D eigenvalue weighted by atomic mass is 15.1. The molecule has 15 aromatic rings. The summed E-state index contributed by atoms with van der Waals surface area (Å²) in [5.41, 5.74) is 21.1. The number of rotatable bonds is 9. The molecule has 0 N–H and O–H groups in total. The van der Waals surface area contributed by atoms with Crippen molar-refractivity contribution < 1.29 is 0 Å². The van der Waals surface area contributed by atoms with Crippen LogP contribution in [0, 0.1) is 0 Å². The molecule has 2 heteroatoms. The molecule has 0 spiro atoms. The Kier molecular flexibility index (Phi) is 10.8. The van der Waals surface area contributed by atoms with Crippen LogP contribution in [0.1, 0.15) is 22.3 Å². The van der Waals surface area contributed by atoms with Crippen molar-refractivity contribution >= 4 is 71.2 Å². The lowest BCUT2D eigenvalue weighted by atomic mass is 9.67. The van der Waals surface area contributed by atoms with E-state index < -0.39 is 5.41 Å². The summed E-state index contributed by atoms with van der Waals surface area (Å²) < 4.78 is 2.49. The second kappa shape index (κ2) is 18.8. The normalized spacial score (nSPS) is 12.5. The van der Waals surface area contributed by atoms with Gasteiger partial charge in [-0.15, -0.1) is 0 Å². The van der Waals surface area contributed by atoms with Crippen molar-refractivity contribution in [3.8, 4) is 50.2 Å². The number of hydrogen-bond donors (Lipinski definition) is 0. The molecule has 1 aliphatic rings. The van der Waals surface area contributed by atoms with Crippen LogP contribution in [0.2, 0.25) is 0 Å². The minimum Gasteiger partial charge on any atom is -0.311 e. The Balaban J connectivity index is 0.868. The molecule has 81 heavy (non-hydrogen) atoms. The van der Waals surface area contributed by atoms with E-state index in [1.807, 2.05) is 0 Å². The number of aromatic nitrogens is 1. The van der Waals surface area contributed by atoms with Gasteiger partial charge in [0.2, 0.25) is 0 Å². The van der Waals surface area contributed by atoms with Crippen LogP contribution >= 0.6 is 0 Å². The average molecular weight is 1030 g/mol. The summed E-state index contributed by atoms with van der Waals surface area (Å²) >= 11 is 0. The third-order valence-corrected chi connectivity index (χ3v) is 17.2. The molecule has 0 fully saturated rings. The van der Waals surface area contributed by atoms with E-state index in [1.165, 1.54) is 110 Å². The second-order valence-corrected chi connectivity index (χ2v) is 21.5. The zero-order valence-corrected chi connectivity index (χ0v) is 44.4.